The van der Waals surface area contributed by atoms with Crippen molar-refractivity contribution in [3.05, 3.63) is 0 Å². The van der Waals surface area contributed by atoms with Crippen molar-refractivity contribution in [2.45, 2.75) is 69.8 Å². The van der Waals surface area contributed by atoms with Gasteiger partial charge < -0.3 is 24.1 Å². The van der Waals surface area contributed by atoms with Crippen molar-refractivity contribution in [2.24, 2.45) is 0 Å². The molecular formula is C13H24O8S. The normalized spacial score (nSPS) is 40.4. The predicted octanol–water partition coefficient (Wildman–Crippen LogP) is -0.00650. The number of fused-ring (bicyclic) bond motifs is 1. The average Bonchev–Trinajstić information content (AvgIpc) is 2.75. The summed E-state index contributed by atoms with van der Waals surface area (Å²) in [5.41, 5.74) is -1.43. The lowest BCUT2D eigenvalue weighted by atomic mass is 9.85. The predicted molar refractivity (Wildman–Crippen MR) is 75.5 cm³/mol. The average molecular weight is 340 g/mol. The molecule has 0 aromatic heterocycles. The van der Waals surface area contributed by atoms with E-state index in [0.29, 0.717) is 0 Å². The lowest BCUT2D eigenvalue weighted by Gasteiger charge is -2.41. The highest BCUT2D eigenvalue weighted by Crippen LogP contribution is 2.47. The third-order valence-electron chi connectivity index (χ3n) is 4.01. The molecule has 8 nitrogen and oxygen atoms in total. The molecule has 2 fully saturated rings. The first-order valence-electron chi connectivity index (χ1n) is 7.05. The highest BCUT2D eigenvalue weighted by atomic mass is 32.2. The van der Waals surface area contributed by atoms with Crippen LogP contribution in [0.4, 0.5) is 0 Å². The van der Waals surface area contributed by atoms with E-state index in [9.17, 15) is 13.5 Å². The van der Waals surface area contributed by atoms with Gasteiger partial charge in [0.25, 0.3) is 10.1 Å². The van der Waals surface area contributed by atoms with Crippen molar-refractivity contribution >= 4 is 10.1 Å². The Kier molecular flexibility index (Phi) is 4.64. The fraction of sp³-hybridized carbons (Fsp3) is 1.00. The molecule has 0 unspecified atom stereocenters. The number of aliphatic hydroxyl groups is 1. The molecule has 2 heterocycles. The summed E-state index contributed by atoms with van der Waals surface area (Å²) in [7, 11) is -2.30. The van der Waals surface area contributed by atoms with Gasteiger partial charge in [0.15, 0.2) is 17.7 Å². The Balaban J connectivity index is 2.36. The van der Waals surface area contributed by atoms with E-state index in [1.165, 1.54) is 21.0 Å². The Labute approximate surface area is 130 Å². The maximum absolute atomic E-state index is 11.4. The lowest BCUT2D eigenvalue weighted by Crippen LogP contribution is -2.60. The topological polar surface area (TPSA) is 101 Å². The number of rotatable bonds is 5. The molecular weight excluding hydrogens is 316 g/mol. The summed E-state index contributed by atoms with van der Waals surface area (Å²) in [5.74, 6) is -0.849. The zero-order valence-electron chi connectivity index (χ0n) is 13.6. The second-order valence-electron chi connectivity index (χ2n) is 6.21. The Morgan fingerprint density at radius 3 is 2.23 bits per heavy atom. The second kappa shape index (κ2) is 5.66. The van der Waals surface area contributed by atoms with E-state index in [1.807, 2.05) is 0 Å². The summed E-state index contributed by atoms with van der Waals surface area (Å²) in [6, 6.07) is 0. The Bertz CT molecular complexity index is 516. The van der Waals surface area contributed by atoms with Crippen LogP contribution in [0.2, 0.25) is 0 Å². The quantitative estimate of drug-likeness (QED) is 0.698. The van der Waals surface area contributed by atoms with Gasteiger partial charge in [0.05, 0.1) is 12.4 Å². The monoisotopic (exact) mass is 340 g/mol. The van der Waals surface area contributed by atoms with Crippen LogP contribution < -0.4 is 0 Å². The van der Waals surface area contributed by atoms with Crippen LogP contribution in [0.15, 0.2) is 0 Å². The van der Waals surface area contributed by atoms with E-state index >= 15 is 0 Å². The smallest absolute Gasteiger partial charge is 0.264 e. The zero-order chi connectivity index (χ0) is 16.9. The Hall–Kier alpha value is -0.290. The van der Waals surface area contributed by atoms with Gasteiger partial charge in [0.1, 0.15) is 18.3 Å². The number of aliphatic hydroxyl groups excluding tert-OH is 1. The van der Waals surface area contributed by atoms with Crippen LogP contribution in [-0.4, -0.2) is 69.0 Å². The standard InChI is InChI=1S/C13H24O8S/c1-7(14)13(8(2)21-22(6,15)16)10(17-5)9-11(20-13)19-12(3,4)18-9/h7-11,14H,1-6H3/t7-,8+,9+,10-,11-,13-/m0/s1. The molecule has 2 aliphatic heterocycles. The molecule has 0 spiro atoms. The van der Waals surface area contributed by atoms with Gasteiger partial charge in [0, 0.05) is 7.11 Å². The summed E-state index contributed by atoms with van der Waals surface area (Å²) < 4.78 is 50.7. The molecule has 2 rings (SSSR count). The fourth-order valence-corrected chi connectivity index (χ4v) is 3.91. The van der Waals surface area contributed by atoms with Crippen molar-refractivity contribution in [1.82, 2.24) is 0 Å². The van der Waals surface area contributed by atoms with Crippen LogP contribution in [0.1, 0.15) is 27.7 Å². The molecule has 1 N–H and O–H groups in total. The number of methoxy groups -OCH3 is 1. The molecule has 9 heteroatoms. The molecule has 130 valence electrons. The summed E-state index contributed by atoms with van der Waals surface area (Å²) >= 11 is 0. The van der Waals surface area contributed by atoms with Gasteiger partial charge in [-0.2, -0.15) is 8.42 Å². The van der Waals surface area contributed by atoms with Gasteiger partial charge in [-0.25, -0.2) is 0 Å². The summed E-state index contributed by atoms with van der Waals surface area (Å²) in [5, 5.41) is 10.3. The zero-order valence-corrected chi connectivity index (χ0v) is 14.4. The van der Waals surface area contributed by atoms with E-state index in [2.05, 4.69) is 0 Å². The minimum absolute atomic E-state index is 0.597. The van der Waals surface area contributed by atoms with E-state index in [0.717, 1.165) is 6.26 Å². The van der Waals surface area contributed by atoms with Crippen LogP contribution >= 0.6 is 0 Å². The van der Waals surface area contributed by atoms with Crippen LogP contribution in [0.5, 0.6) is 0 Å². The largest absolute Gasteiger partial charge is 0.390 e. The molecule has 0 amide bonds. The van der Waals surface area contributed by atoms with Crippen molar-refractivity contribution in [3.8, 4) is 0 Å². The summed E-state index contributed by atoms with van der Waals surface area (Å²) in [6.45, 7) is 6.47. The summed E-state index contributed by atoms with van der Waals surface area (Å²) in [4.78, 5) is 0. The minimum atomic E-state index is -3.74. The Morgan fingerprint density at radius 2 is 1.77 bits per heavy atom. The third-order valence-corrected chi connectivity index (χ3v) is 4.65. The number of ether oxygens (including phenoxy) is 4. The maximum Gasteiger partial charge on any atom is 0.264 e. The van der Waals surface area contributed by atoms with E-state index in [4.69, 9.17) is 23.1 Å². The first-order valence-corrected chi connectivity index (χ1v) is 8.87. The SMILES string of the molecule is CO[C@H]1[C@H]2OC(C)(C)O[C@H]2O[C@@]1([C@H](C)O)[C@@H](C)OS(C)(=O)=O. The Morgan fingerprint density at radius 1 is 1.18 bits per heavy atom. The number of hydrogen-bond donors (Lipinski definition) is 1. The molecule has 0 aromatic carbocycles. The van der Waals surface area contributed by atoms with Crippen molar-refractivity contribution in [3.63, 3.8) is 0 Å². The highest BCUT2D eigenvalue weighted by Gasteiger charge is 2.67. The van der Waals surface area contributed by atoms with Gasteiger partial charge in [0.2, 0.25) is 0 Å². The van der Waals surface area contributed by atoms with Crippen molar-refractivity contribution < 1.29 is 36.7 Å². The van der Waals surface area contributed by atoms with Gasteiger partial charge in [-0.15, -0.1) is 0 Å². The molecule has 22 heavy (non-hydrogen) atoms. The molecule has 0 radical (unpaired) electrons. The minimum Gasteiger partial charge on any atom is -0.390 e. The van der Waals surface area contributed by atoms with Gasteiger partial charge in [-0.05, 0) is 27.7 Å². The highest BCUT2D eigenvalue weighted by molar-refractivity contribution is 7.86. The first-order chi connectivity index (χ1) is 9.93. The van der Waals surface area contributed by atoms with Gasteiger partial charge in [-0.3, -0.25) is 4.18 Å². The first kappa shape index (κ1) is 18.1. The van der Waals surface area contributed by atoms with Crippen LogP contribution in [0.25, 0.3) is 0 Å². The van der Waals surface area contributed by atoms with E-state index in [1.54, 1.807) is 13.8 Å². The van der Waals surface area contributed by atoms with Gasteiger partial charge >= 0.3 is 0 Å². The third kappa shape index (κ3) is 3.03. The van der Waals surface area contributed by atoms with Crippen LogP contribution in [-0.2, 0) is 33.2 Å². The molecule has 2 saturated heterocycles. The second-order valence-corrected chi connectivity index (χ2v) is 7.82. The van der Waals surface area contributed by atoms with Gasteiger partial charge in [-0.1, -0.05) is 0 Å². The molecule has 0 aliphatic carbocycles. The van der Waals surface area contributed by atoms with Crippen LogP contribution in [0.3, 0.4) is 0 Å². The molecule has 2 aliphatic rings. The fourth-order valence-electron chi connectivity index (χ4n) is 3.24. The molecule has 6 atom stereocenters. The molecule has 0 bridgehead atoms. The lowest BCUT2D eigenvalue weighted by molar-refractivity contribution is -0.275. The summed E-state index contributed by atoms with van der Waals surface area (Å²) in [6.07, 6.45) is -3.26. The maximum atomic E-state index is 11.4. The van der Waals surface area contributed by atoms with Crippen LogP contribution in [0, 0.1) is 0 Å². The van der Waals surface area contributed by atoms with E-state index in [-0.39, 0.29) is 0 Å². The molecule has 0 aromatic rings. The number of hydrogen-bond acceptors (Lipinski definition) is 8. The van der Waals surface area contributed by atoms with Crippen molar-refractivity contribution in [1.29, 1.82) is 0 Å². The van der Waals surface area contributed by atoms with E-state index < -0.39 is 52.2 Å². The molecule has 0 saturated carbocycles. The van der Waals surface area contributed by atoms with Crippen molar-refractivity contribution in [2.75, 3.05) is 13.4 Å².